The Balaban J connectivity index is 0.000000216. The molecule has 7 heteroatoms. The lowest BCUT2D eigenvalue weighted by Crippen LogP contribution is -2.22. The number of para-hydroxylation sites is 1. The molecule has 152 valence electrons. The number of aryl methyl sites for hydroxylation is 1. The van der Waals surface area contributed by atoms with Crippen LogP contribution in [0, 0.1) is 0 Å². The number of nitrogen functional groups attached to an aromatic ring is 1. The van der Waals surface area contributed by atoms with E-state index < -0.39 is 5.91 Å². The van der Waals surface area contributed by atoms with E-state index in [0.717, 1.165) is 23.2 Å². The van der Waals surface area contributed by atoms with Crippen molar-refractivity contribution in [3.63, 3.8) is 0 Å². The van der Waals surface area contributed by atoms with E-state index in [0.29, 0.717) is 21.8 Å². The fourth-order valence-corrected chi connectivity index (χ4v) is 3.31. The summed E-state index contributed by atoms with van der Waals surface area (Å²) in [6, 6.07) is 20.3. The van der Waals surface area contributed by atoms with Crippen LogP contribution in [0.3, 0.4) is 0 Å². The van der Waals surface area contributed by atoms with Gasteiger partial charge < -0.3 is 11.5 Å². The molecule has 4 N–H and O–H groups in total. The first-order chi connectivity index (χ1) is 14.4. The van der Waals surface area contributed by atoms with E-state index in [1.54, 1.807) is 10.6 Å². The highest BCUT2D eigenvalue weighted by Crippen LogP contribution is 2.22. The number of benzene rings is 2. The summed E-state index contributed by atoms with van der Waals surface area (Å²) < 4.78 is 1.74. The van der Waals surface area contributed by atoms with Gasteiger partial charge in [0.15, 0.2) is 0 Å². The molecule has 0 spiro atoms. The van der Waals surface area contributed by atoms with E-state index in [9.17, 15) is 9.59 Å². The summed E-state index contributed by atoms with van der Waals surface area (Å²) in [6.07, 6.45) is 2.13. The molecule has 0 aliphatic rings. The molecule has 2 aromatic carbocycles. The maximum Gasteiger partial charge on any atom is 0.264 e. The Labute approximate surface area is 178 Å². The molecule has 0 saturated heterocycles. The first kappa shape index (κ1) is 21.1. The van der Waals surface area contributed by atoms with Crippen LogP contribution in [-0.4, -0.2) is 15.5 Å². The van der Waals surface area contributed by atoms with Gasteiger partial charge in [0.25, 0.3) is 5.56 Å². The van der Waals surface area contributed by atoms with Gasteiger partial charge in [-0.25, -0.2) is 4.98 Å². The maximum atomic E-state index is 12.8. The van der Waals surface area contributed by atoms with Crippen LogP contribution in [0.4, 0.5) is 5.82 Å². The first-order valence-electron chi connectivity index (χ1n) is 9.32. The van der Waals surface area contributed by atoms with E-state index in [4.69, 9.17) is 23.1 Å². The van der Waals surface area contributed by atoms with E-state index >= 15 is 0 Å². The molecule has 1 amide bonds. The predicted octanol–water partition coefficient (Wildman–Crippen LogP) is 3.97. The third kappa shape index (κ3) is 4.50. The molecule has 2 heterocycles. The number of hydrogen-bond donors (Lipinski definition) is 2. The Bertz CT molecular complexity index is 1240. The Morgan fingerprint density at radius 1 is 1.07 bits per heavy atom. The molecule has 0 aliphatic carbocycles. The zero-order valence-electron chi connectivity index (χ0n) is 16.4. The summed E-state index contributed by atoms with van der Waals surface area (Å²) >= 11 is 6.20. The number of nitrogens with zero attached hydrogens (tertiary/aromatic N) is 2. The van der Waals surface area contributed by atoms with Gasteiger partial charge in [-0.15, -0.1) is 0 Å². The van der Waals surface area contributed by atoms with Gasteiger partial charge in [-0.3, -0.25) is 14.2 Å². The number of aromatic nitrogens is 2. The third-order valence-electron chi connectivity index (χ3n) is 4.52. The van der Waals surface area contributed by atoms with Crippen LogP contribution in [0.2, 0.25) is 5.02 Å². The SMILES string of the molecule is CCc1cc2cccc(Cl)c2c(=O)n1-c1ccccc1.NC(=O)c1ccc(N)nc1. The number of rotatable bonds is 3. The number of carbonyl (C=O) groups is 1. The van der Waals surface area contributed by atoms with Gasteiger partial charge >= 0.3 is 0 Å². The monoisotopic (exact) mass is 420 g/mol. The summed E-state index contributed by atoms with van der Waals surface area (Å²) in [5.41, 5.74) is 12.4. The highest BCUT2D eigenvalue weighted by Gasteiger charge is 2.11. The quantitative estimate of drug-likeness (QED) is 0.523. The number of hydrogen-bond acceptors (Lipinski definition) is 4. The third-order valence-corrected chi connectivity index (χ3v) is 4.83. The smallest absolute Gasteiger partial charge is 0.264 e. The van der Waals surface area contributed by atoms with Gasteiger partial charge in [0.1, 0.15) is 5.82 Å². The fraction of sp³-hybridized carbons (Fsp3) is 0.0870. The summed E-state index contributed by atoms with van der Waals surface area (Å²) in [6.45, 7) is 2.05. The van der Waals surface area contributed by atoms with Crippen LogP contribution in [-0.2, 0) is 6.42 Å². The van der Waals surface area contributed by atoms with Crippen LogP contribution in [0.5, 0.6) is 0 Å². The van der Waals surface area contributed by atoms with Crippen molar-refractivity contribution in [2.24, 2.45) is 5.73 Å². The number of amides is 1. The molecule has 4 aromatic rings. The Morgan fingerprint density at radius 3 is 2.40 bits per heavy atom. The standard InChI is InChI=1S/C17H14ClNO.C6H7N3O/c1-2-13-11-12-7-6-10-15(18)16(12)17(20)19(13)14-8-4-3-5-9-14;7-5-2-1-4(3-9-5)6(8)10/h3-11H,2H2,1H3;1-3H,(H2,7,9)(H2,8,10). The molecular weight excluding hydrogens is 400 g/mol. The lowest BCUT2D eigenvalue weighted by atomic mass is 10.1. The summed E-state index contributed by atoms with van der Waals surface area (Å²) in [7, 11) is 0. The second kappa shape index (κ2) is 9.24. The molecule has 6 nitrogen and oxygen atoms in total. The van der Waals surface area contributed by atoms with Crippen LogP contribution < -0.4 is 17.0 Å². The van der Waals surface area contributed by atoms with E-state index in [1.165, 1.54) is 18.3 Å². The molecular formula is C23H21ClN4O2. The van der Waals surface area contributed by atoms with Crippen molar-refractivity contribution in [2.45, 2.75) is 13.3 Å². The zero-order valence-corrected chi connectivity index (χ0v) is 17.1. The molecule has 0 aliphatic heterocycles. The topological polar surface area (TPSA) is 104 Å². The number of anilines is 1. The van der Waals surface area contributed by atoms with Crippen molar-refractivity contribution in [3.8, 4) is 5.69 Å². The Morgan fingerprint density at radius 2 is 1.80 bits per heavy atom. The zero-order chi connectivity index (χ0) is 21.7. The molecule has 0 unspecified atom stereocenters. The molecule has 30 heavy (non-hydrogen) atoms. The van der Waals surface area contributed by atoms with Gasteiger partial charge in [-0.1, -0.05) is 48.9 Å². The number of fused-ring (bicyclic) bond motifs is 1. The van der Waals surface area contributed by atoms with Crippen LogP contribution >= 0.6 is 11.6 Å². The molecule has 0 saturated carbocycles. The summed E-state index contributed by atoms with van der Waals surface area (Å²) in [5.74, 6) is -0.113. The molecule has 0 fully saturated rings. The maximum absolute atomic E-state index is 12.8. The molecule has 0 atom stereocenters. The van der Waals surface area contributed by atoms with Crippen molar-refractivity contribution in [1.29, 1.82) is 0 Å². The normalized spacial score (nSPS) is 10.3. The van der Waals surface area contributed by atoms with Crippen molar-refractivity contribution in [3.05, 3.63) is 99.6 Å². The van der Waals surface area contributed by atoms with Crippen LogP contribution in [0.15, 0.2) is 77.7 Å². The second-order valence-electron chi connectivity index (χ2n) is 6.51. The average Bonchev–Trinajstić information content (AvgIpc) is 2.75. The number of pyridine rings is 2. The summed E-state index contributed by atoms with van der Waals surface area (Å²) in [4.78, 5) is 26.9. The minimum Gasteiger partial charge on any atom is -0.384 e. The largest absolute Gasteiger partial charge is 0.384 e. The van der Waals surface area contributed by atoms with E-state index in [-0.39, 0.29) is 5.56 Å². The Hall–Kier alpha value is -3.64. The van der Waals surface area contributed by atoms with Gasteiger partial charge in [0, 0.05) is 17.6 Å². The van der Waals surface area contributed by atoms with Crippen molar-refractivity contribution >= 4 is 34.1 Å². The second-order valence-corrected chi connectivity index (χ2v) is 6.91. The lowest BCUT2D eigenvalue weighted by Gasteiger charge is -2.14. The fourth-order valence-electron chi connectivity index (χ4n) is 3.04. The number of halogens is 1. The number of carbonyl (C=O) groups excluding carboxylic acids is 1. The molecule has 0 bridgehead atoms. The van der Waals surface area contributed by atoms with Gasteiger partial charge in [0.05, 0.1) is 16.0 Å². The lowest BCUT2D eigenvalue weighted by molar-refractivity contribution is 0.1000. The number of primary amides is 1. The highest BCUT2D eigenvalue weighted by atomic mass is 35.5. The van der Waals surface area contributed by atoms with Crippen molar-refractivity contribution < 1.29 is 4.79 Å². The van der Waals surface area contributed by atoms with Crippen molar-refractivity contribution in [2.75, 3.05) is 5.73 Å². The minimum atomic E-state index is -0.493. The molecule has 0 radical (unpaired) electrons. The Kier molecular flexibility index (Phi) is 6.49. The predicted molar refractivity (Wildman–Crippen MR) is 121 cm³/mol. The van der Waals surface area contributed by atoms with Gasteiger partial charge in [-0.2, -0.15) is 0 Å². The van der Waals surface area contributed by atoms with Crippen molar-refractivity contribution in [1.82, 2.24) is 9.55 Å². The summed E-state index contributed by atoms with van der Waals surface area (Å²) in [5, 5.41) is 1.97. The van der Waals surface area contributed by atoms with Gasteiger partial charge in [0.2, 0.25) is 5.91 Å². The van der Waals surface area contributed by atoms with E-state index in [2.05, 4.69) is 4.98 Å². The molecule has 4 rings (SSSR count). The number of nitrogens with two attached hydrogens (primary N) is 2. The first-order valence-corrected chi connectivity index (χ1v) is 9.70. The molecule has 2 aromatic heterocycles. The van der Waals surface area contributed by atoms with Gasteiger partial charge in [-0.05, 0) is 48.2 Å². The van der Waals surface area contributed by atoms with Crippen LogP contribution in [0.1, 0.15) is 23.0 Å². The van der Waals surface area contributed by atoms with E-state index in [1.807, 2.05) is 55.5 Å². The van der Waals surface area contributed by atoms with Crippen LogP contribution in [0.25, 0.3) is 16.5 Å². The minimum absolute atomic E-state index is 0.0591. The highest BCUT2D eigenvalue weighted by molar-refractivity contribution is 6.35. The average molecular weight is 421 g/mol.